The molecule has 0 N–H and O–H groups in total. The lowest BCUT2D eigenvalue weighted by Gasteiger charge is -2.09. The van der Waals surface area contributed by atoms with Crippen LogP contribution in [0.2, 0.25) is 0 Å². The molecule has 104 valence electrons. The molecule has 0 saturated carbocycles. The molecule has 0 fully saturated rings. The van der Waals surface area contributed by atoms with E-state index >= 15 is 0 Å². The summed E-state index contributed by atoms with van der Waals surface area (Å²) in [6.07, 6.45) is 4.85. The van der Waals surface area contributed by atoms with Crippen molar-refractivity contribution in [2.45, 2.75) is 52.1 Å². The van der Waals surface area contributed by atoms with Crippen molar-refractivity contribution >= 4 is 12.1 Å². The minimum absolute atomic E-state index is 0.138. The van der Waals surface area contributed by atoms with Crippen LogP contribution in [0.1, 0.15) is 56.3 Å². The molecule has 1 aromatic rings. The largest absolute Gasteiger partial charge is 0.491 e. The summed E-state index contributed by atoms with van der Waals surface area (Å²) in [6.45, 7) is 3.94. The third kappa shape index (κ3) is 6.18. The Kier molecular flexibility index (Phi) is 6.86. The normalized spacial score (nSPS) is 10.5. The summed E-state index contributed by atoms with van der Waals surface area (Å²) >= 11 is 0. The summed E-state index contributed by atoms with van der Waals surface area (Å²) in [7, 11) is 0. The van der Waals surface area contributed by atoms with Crippen LogP contribution in [-0.2, 0) is 4.79 Å². The Bertz CT molecular complexity index is 393. The van der Waals surface area contributed by atoms with Gasteiger partial charge in [0.05, 0.1) is 6.10 Å². The summed E-state index contributed by atoms with van der Waals surface area (Å²) in [5.41, 5.74) is 0.728. The first-order valence-corrected chi connectivity index (χ1v) is 6.87. The monoisotopic (exact) mass is 262 g/mol. The van der Waals surface area contributed by atoms with Crippen LogP contribution in [0.3, 0.4) is 0 Å². The summed E-state index contributed by atoms with van der Waals surface area (Å²) in [4.78, 5) is 22.1. The van der Waals surface area contributed by atoms with Crippen LogP contribution in [0.5, 0.6) is 5.75 Å². The molecule has 3 heteroatoms. The first-order chi connectivity index (χ1) is 9.13. The molecule has 1 rings (SSSR count). The molecule has 3 nitrogen and oxygen atoms in total. The third-order valence-electron chi connectivity index (χ3n) is 2.77. The Morgan fingerprint density at radius 3 is 2.42 bits per heavy atom. The second-order valence-corrected chi connectivity index (χ2v) is 4.88. The number of rotatable bonds is 9. The molecule has 0 aliphatic heterocycles. The van der Waals surface area contributed by atoms with E-state index in [0.29, 0.717) is 12.8 Å². The van der Waals surface area contributed by atoms with E-state index in [1.54, 1.807) is 0 Å². The number of ether oxygens (including phenoxy) is 1. The maximum absolute atomic E-state index is 11.9. The molecule has 0 amide bonds. The van der Waals surface area contributed by atoms with E-state index in [4.69, 9.17) is 4.74 Å². The molecule has 0 heterocycles. The lowest BCUT2D eigenvalue weighted by molar-refractivity contribution is -0.107. The average molecular weight is 262 g/mol. The molecule has 0 aliphatic carbocycles. The molecule has 0 aliphatic rings. The van der Waals surface area contributed by atoms with E-state index in [2.05, 4.69) is 0 Å². The van der Waals surface area contributed by atoms with E-state index in [1.807, 2.05) is 38.1 Å². The van der Waals surface area contributed by atoms with Crippen molar-refractivity contribution in [2.24, 2.45) is 0 Å². The lowest BCUT2D eigenvalue weighted by Crippen LogP contribution is -2.06. The first-order valence-electron chi connectivity index (χ1n) is 6.87. The van der Waals surface area contributed by atoms with Crippen LogP contribution in [0, 0.1) is 0 Å². The Morgan fingerprint density at radius 1 is 1.16 bits per heavy atom. The number of carbonyl (C=O) groups is 2. The zero-order chi connectivity index (χ0) is 14.1. The zero-order valence-electron chi connectivity index (χ0n) is 11.7. The zero-order valence-corrected chi connectivity index (χ0v) is 11.7. The van der Waals surface area contributed by atoms with E-state index < -0.39 is 0 Å². The van der Waals surface area contributed by atoms with Gasteiger partial charge in [-0.1, -0.05) is 6.42 Å². The van der Waals surface area contributed by atoms with Gasteiger partial charge in [0.25, 0.3) is 0 Å². The van der Waals surface area contributed by atoms with Gasteiger partial charge in [0.2, 0.25) is 0 Å². The van der Waals surface area contributed by atoms with Gasteiger partial charge in [-0.3, -0.25) is 4.79 Å². The fourth-order valence-corrected chi connectivity index (χ4v) is 1.83. The van der Waals surface area contributed by atoms with Crippen molar-refractivity contribution in [3.8, 4) is 5.75 Å². The maximum atomic E-state index is 11.9. The highest BCUT2D eigenvalue weighted by atomic mass is 16.5. The first kappa shape index (κ1) is 15.4. The van der Waals surface area contributed by atoms with Crippen molar-refractivity contribution in [2.75, 3.05) is 0 Å². The number of aldehydes is 1. The molecule has 0 spiro atoms. The Hall–Kier alpha value is -1.64. The highest BCUT2D eigenvalue weighted by molar-refractivity contribution is 5.96. The van der Waals surface area contributed by atoms with Gasteiger partial charge in [0.15, 0.2) is 5.78 Å². The molecular formula is C16H22O3. The molecule has 0 atom stereocenters. The van der Waals surface area contributed by atoms with Crippen LogP contribution in [0.25, 0.3) is 0 Å². The maximum Gasteiger partial charge on any atom is 0.162 e. The van der Waals surface area contributed by atoms with Crippen molar-refractivity contribution in [3.05, 3.63) is 29.8 Å². The van der Waals surface area contributed by atoms with Gasteiger partial charge in [-0.2, -0.15) is 0 Å². The van der Waals surface area contributed by atoms with Crippen LogP contribution < -0.4 is 4.74 Å². The summed E-state index contributed by atoms with van der Waals surface area (Å²) in [5.74, 6) is 0.944. The smallest absolute Gasteiger partial charge is 0.162 e. The number of hydrogen-bond donors (Lipinski definition) is 0. The Labute approximate surface area is 115 Å². The quantitative estimate of drug-likeness (QED) is 0.386. The molecule has 19 heavy (non-hydrogen) atoms. The van der Waals surface area contributed by atoms with E-state index in [-0.39, 0.29) is 11.9 Å². The van der Waals surface area contributed by atoms with Gasteiger partial charge in [-0.05, 0) is 51.0 Å². The van der Waals surface area contributed by atoms with Crippen LogP contribution in [0.4, 0.5) is 0 Å². The van der Waals surface area contributed by atoms with Crippen molar-refractivity contribution in [1.82, 2.24) is 0 Å². The fourth-order valence-electron chi connectivity index (χ4n) is 1.83. The second-order valence-electron chi connectivity index (χ2n) is 4.88. The average Bonchev–Trinajstić information content (AvgIpc) is 2.38. The molecule has 0 saturated heterocycles. The van der Waals surface area contributed by atoms with E-state index in [9.17, 15) is 9.59 Å². The number of ketones is 1. The van der Waals surface area contributed by atoms with Crippen molar-refractivity contribution in [1.29, 1.82) is 0 Å². The van der Waals surface area contributed by atoms with Gasteiger partial charge in [0, 0.05) is 18.4 Å². The van der Waals surface area contributed by atoms with E-state index in [0.717, 1.165) is 36.9 Å². The SMILES string of the molecule is CC(C)Oc1ccc(C(=O)CCCCCC=O)cc1. The molecule has 0 unspecified atom stereocenters. The third-order valence-corrected chi connectivity index (χ3v) is 2.77. The summed E-state index contributed by atoms with van der Waals surface area (Å²) in [5, 5.41) is 0. The number of hydrogen-bond acceptors (Lipinski definition) is 3. The fraction of sp³-hybridized carbons (Fsp3) is 0.500. The molecule has 0 bridgehead atoms. The van der Waals surface area contributed by atoms with Gasteiger partial charge < -0.3 is 9.53 Å². The molecular weight excluding hydrogens is 240 g/mol. The van der Waals surface area contributed by atoms with Gasteiger partial charge in [-0.15, -0.1) is 0 Å². The molecule has 1 aromatic carbocycles. The predicted molar refractivity (Wildman–Crippen MR) is 75.7 cm³/mol. The lowest BCUT2D eigenvalue weighted by atomic mass is 10.0. The van der Waals surface area contributed by atoms with Crippen LogP contribution >= 0.6 is 0 Å². The highest BCUT2D eigenvalue weighted by Crippen LogP contribution is 2.16. The van der Waals surface area contributed by atoms with Gasteiger partial charge in [0.1, 0.15) is 12.0 Å². The van der Waals surface area contributed by atoms with Crippen molar-refractivity contribution < 1.29 is 14.3 Å². The number of carbonyl (C=O) groups excluding carboxylic acids is 2. The highest BCUT2D eigenvalue weighted by Gasteiger charge is 2.06. The summed E-state index contributed by atoms with van der Waals surface area (Å²) in [6, 6.07) is 7.29. The number of Topliss-reactive ketones (excluding diaryl/α,β-unsaturated/α-hetero) is 1. The summed E-state index contributed by atoms with van der Waals surface area (Å²) < 4.78 is 5.53. The van der Waals surface area contributed by atoms with Crippen LogP contribution in [0.15, 0.2) is 24.3 Å². The molecule has 0 radical (unpaired) electrons. The Balaban J connectivity index is 2.38. The van der Waals surface area contributed by atoms with E-state index in [1.165, 1.54) is 0 Å². The van der Waals surface area contributed by atoms with Gasteiger partial charge in [-0.25, -0.2) is 0 Å². The second kappa shape index (κ2) is 8.46. The molecule has 0 aromatic heterocycles. The number of benzene rings is 1. The van der Waals surface area contributed by atoms with Crippen LogP contribution in [-0.4, -0.2) is 18.2 Å². The minimum atomic E-state index is 0.138. The van der Waals surface area contributed by atoms with Crippen molar-refractivity contribution in [3.63, 3.8) is 0 Å². The topological polar surface area (TPSA) is 43.4 Å². The standard InChI is InChI=1S/C16H22O3/c1-13(2)19-15-10-8-14(9-11-15)16(18)7-5-3-4-6-12-17/h8-13H,3-7H2,1-2H3. The Morgan fingerprint density at radius 2 is 1.84 bits per heavy atom. The number of unbranched alkanes of at least 4 members (excludes halogenated alkanes) is 3. The van der Waals surface area contributed by atoms with Gasteiger partial charge >= 0.3 is 0 Å². The minimum Gasteiger partial charge on any atom is -0.491 e. The predicted octanol–water partition coefficient (Wildman–Crippen LogP) is 3.81.